The van der Waals surface area contributed by atoms with Crippen LogP contribution in [-0.4, -0.2) is 19.9 Å². The molecule has 1 aliphatic rings. The van der Waals surface area contributed by atoms with Gasteiger partial charge in [-0.2, -0.15) is 0 Å². The van der Waals surface area contributed by atoms with E-state index in [2.05, 4.69) is 11.0 Å². The minimum absolute atomic E-state index is 0.0752. The topological polar surface area (TPSA) is 20.3 Å². The van der Waals surface area contributed by atoms with Crippen molar-refractivity contribution in [1.82, 2.24) is 0 Å². The summed E-state index contributed by atoms with van der Waals surface area (Å²) in [6.45, 7) is 0.822. The number of hydrogen-bond acceptors (Lipinski definition) is 2. The summed E-state index contributed by atoms with van der Waals surface area (Å²) in [5.41, 5.74) is 2.35. The lowest BCUT2D eigenvalue weighted by atomic mass is 10.0. The van der Waals surface area contributed by atoms with Crippen molar-refractivity contribution in [1.29, 1.82) is 0 Å². The van der Waals surface area contributed by atoms with E-state index in [0.717, 1.165) is 18.4 Å². The highest BCUT2D eigenvalue weighted by molar-refractivity contribution is 5.74. The van der Waals surface area contributed by atoms with Gasteiger partial charge in [-0.3, -0.25) is 0 Å². The van der Waals surface area contributed by atoms with Crippen molar-refractivity contribution in [2.75, 3.05) is 18.5 Å². The number of anilines is 1. The van der Waals surface area contributed by atoms with Crippen LogP contribution >= 0.6 is 0 Å². The van der Waals surface area contributed by atoms with E-state index in [0.29, 0.717) is 0 Å². The Morgan fingerprint density at radius 2 is 2.25 bits per heavy atom. The Hall–Kier alpha value is -1.31. The molecular weight excluding hydrogens is 150 g/mol. The fourth-order valence-electron chi connectivity index (χ4n) is 1.76. The van der Waals surface area contributed by atoms with Crippen LogP contribution in [0.25, 0.3) is 0 Å². The van der Waals surface area contributed by atoms with E-state index < -0.39 is 0 Å². The summed E-state index contributed by atoms with van der Waals surface area (Å²) in [7, 11) is 2.02. The molecule has 12 heavy (non-hydrogen) atoms. The van der Waals surface area contributed by atoms with Crippen LogP contribution in [-0.2, 0) is 4.79 Å². The van der Waals surface area contributed by atoms with E-state index >= 15 is 0 Å². The summed E-state index contributed by atoms with van der Waals surface area (Å²) in [5.74, 6) is 0.0752. The summed E-state index contributed by atoms with van der Waals surface area (Å²) < 4.78 is 0. The van der Waals surface area contributed by atoms with Crippen molar-refractivity contribution in [2.24, 2.45) is 0 Å². The average Bonchev–Trinajstić information content (AvgIpc) is 2.44. The van der Waals surface area contributed by atoms with Gasteiger partial charge in [0.25, 0.3) is 0 Å². The smallest absolute Gasteiger partial charge is 0.129 e. The van der Waals surface area contributed by atoms with Gasteiger partial charge in [-0.15, -0.1) is 0 Å². The molecule has 1 heterocycles. The van der Waals surface area contributed by atoms with E-state index in [1.165, 1.54) is 5.69 Å². The number of carbonyl (C=O) groups is 1. The van der Waals surface area contributed by atoms with Crippen LogP contribution < -0.4 is 4.90 Å². The highest BCUT2D eigenvalue weighted by Crippen LogP contribution is 2.33. The fraction of sp³-hybridized carbons (Fsp3) is 0.300. The maximum Gasteiger partial charge on any atom is 0.129 e. The predicted octanol–water partition coefficient (Wildman–Crippen LogP) is 1.42. The second-order valence-corrected chi connectivity index (χ2v) is 3.18. The lowest BCUT2D eigenvalue weighted by Gasteiger charge is -2.10. The molecule has 0 radical (unpaired) electrons. The molecule has 0 aromatic heterocycles. The SMILES string of the molecule is CN1CC(C=O)c2ccccc21. The molecule has 1 aliphatic heterocycles. The number of aldehydes is 1. The highest BCUT2D eigenvalue weighted by atomic mass is 16.1. The van der Waals surface area contributed by atoms with Crippen LogP contribution in [0.5, 0.6) is 0 Å². The van der Waals surface area contributed by atoms with Crippen LogP contribution in [0, 0.1) is 0 Å². The molecule has 1 unspecified atom stereocenters. The molecule has 1 aromatic carbocycles. The van der Waals surface area contributed by atoms with Gasteiger partial charge in [0.05, 0.1) is 5.92 Å². The van der Waals surface area contributed by atoms with Gasteiger partial charge >= 0.3 is 0 Å². The van der Waals surface area contributed by atoms with Crippen LogP contribution in [0.3, 0.4) is 0 Å². The van der Waals surface area contributed by atoms with Crippen LogP contribution in [0.2, 0.25) is 0 Å². The maximum atomic E-state index is 10.7. The number of rotatable bonds is 1. The molecule has 2 heteroatoms. The maximum absolute atomic E-state index is 10.7. The first-order chi connectivity index (χ1) is 5.83. The van der Waals surface area contributed by atoms with Crippen molar-refractivity contribution in [3.8, 4) is 0 Å². The molecule has 0 spiro atoms. The number of benzene rings is 1. The fourth-order valence-corrected chi connectivity index (χ4v) is 1.76. The lowest BCUT2D eigenvalue weighted by molar-refractivity contribution is -0.108. The number of nitrogens with zero attached hydrogens (tertiary/aromatic N) is 1. The van der Waals surface area contributed by atoms with E-state index in [9.17, 15) is 4.79 Å². The summed E-state index contributed by atoms with van der Waals surface area (Å²) in [6, 6.07) is 8.06. The number of fused-ring (bicyclic) bond motifs is 1. The Kier molecular flexibility index (Phi) is 1.61. The molecule has 62 valence electrons. The molecule has 2 nitrogen and oxygen atoms in total. The Morgan fingerprint density at radius 1 is 1.50 bits per heavy atom. The number of hydrogen-bond donors (Lipinski definition) is 0. The minimum Gasteiger partial charge on any atom is -0.373 e. The van der Waals surface area contributed by atoms with Crippen molar-refractivity contribution in [3.63, 3.8) is 0 Å². The Bertz CT molecular complexity index is 308. The molecule has 1 atom stereocenters. The third kappa shape index (κ3) is 0.916. The summed E-state index contributed by atoms with van der Waals surface area (Å²) >= 11 is 0. The Labute approximate surface area is 71.8 Å². The van der Waals surface area contributed by atoms with Crippen molar-refractivity contribution >= 4 is 12.0 Å². The first kappa shape index (κ1) is 7.35. The van der Waals surface area contributed by atoms with Gasteiger partial charge in [0.1, 0.15) is 6.29 Å². The van der Waals surface area contributed by atoms with Gasteiger partial charge in [0.15, 0.2) is 0 Å². The zero-order valence-corrected chi connectivity index (χ0v) is 7.03. The Balaban J connectivity index is 2.49. The van der Waals surface area contributed by atoms with Gasteiger partial charge < -0.3 is 9.69 Å². The standard InChI is InChI=1S/C10H11NO/c1-11-6-8(7-12)9-4-2-3-5-10(9)11/h2-5,7-8H,6H2,1H3. The second-order valence-electron chi connectivity index (χ2n) is 3.18. The van der Waals surface area contributed by atoms with E-state index in [4.69, 9.17) is 0 Å². The normalized spacial score (nSPS) is 20.8. The van der Waals surface area contributed by atoms with Gasteiger partial charge in [-0.1, -0.05) is 18.2 Å². The van der Waals surface area contributed by atoms with Gasteiger partial charge in [-0.25, -0.2) is 0 Å². The molecule has 0 saturated heterocycles. The number of carbonyl (C=O) groups excluding carboxylic acids is 1. The highest BCUT2D eigenvalue weighted by Gasteiger charge is 2.24. The van der Waals surface area contributed by atoms with Crippen LogP contribution in [0.4, 0.5) is 5.69 Å². The molecule has 0 amide bonds. The van der Waals surface area contributed by atoms with Crippen molar-refractivity contribution < 1.29 is 4.79 Å². The molecule has 0 saturated carbocycles. The van der Waals surface area contributed by atoms with Gasteiger partial charge in [0, 0.05) is 19.3 Å². The van der Waals surface area contributed by atoms with Crippen LogP contribution in [0.1, 0.15) is 11.5 Å². The minimum atomic E-state index is 0.0752. The van der Waals surface area contributed by atoms with Crippen LogP contribution in [0.15, 0.2) is 24.3 Å². The largest absolute Gasteiger partial charge is 0.373 e. The first-order valence-corrected chi connectivity index (χ1v) is 4.08. The summed E-state index contributed by atoms with van der Waals surface area (Å²) in [6.07, 6.45) is 1.03. The number of para-hydroxylation sites is 1. The van der Waals surface area contributed by atoms with Gasteiger partial charge in [0.2, 0.25) is 0 Å². The zero-order valence-electron chi connectivity index (χ0n) is 7.03. The molecule has 0 fully saturated rings. The third-order valence-corrected chi connectivity index (χ3v) is 2.38. The third-order valence-electron chi connectivity index (χ3n) is 2.38. The first-order valence-electron chi connectivity index (χ1n) is 4.08. The molecule has 0 bridgehead atoms. The average molecular weight is 161 g/mol. The monoisotopic (exact) mass is 161 g/mol. The molecule has 1 aromatic rings. The predicted molar refractivity (Wildman–Crippen MR) is 48.5 cm³/mol. The molecule has 2 rings (SSSR count). The lowest BCUT2D eigenvalue weighted by Crippen LogP contribution is -2.15. The second kappa shape index (κ2) is 2.63. The summed E-state index contributed by atoms with van der Waals surface area (Å²) in [5, 5.41) is 0. The quantitative estimate of drug-likeness (QED) is 0.580. The van der Waals surface area contributed by atoms with Gasteiger partial charge in [-0.05, 0) is 11.6 Å². The molecular formula is C10H11NO. The van der Waals surface area contributed by atoms with Crippen molar-refractivity contribution in [3.05, 3.63) is 29.8 Å². The van der Waals surface area contributed by atoms with E-state index in [-0.39, 0.29) is 5.92 Å². The summed E-state index contributed by atoms with van der Waals surface area (Å²) in [4.78, 5) is 12.8. The molecule has 0 N–H and O–H groups in total. The van der Waals surface area contributed by atoms with E-state index in [1.54, 1.807) is 0 Å². The molecule has 0 aliphatic carbocycles. The van der Waals surface area contributed by atoms with E-state index in [1.807, 2.05) is 25.2 Å². The number of likely N-dealkylation sites (N-methyl/N-ethyl adjacent to an activating group) is 1. The zero-order chi connectivity index (χ0) is 8.55. The van der Waals surface area contributed by atoms with Crippen molar-refractivity contribution in [2.45, 2.75) is 5.92 Å². The Morgan fingerprint density at radius 3 is 3.00 bits per heavy atom.